The zero-order valence-corrected chi connectivity index (χ0v) is 10.8. The molecule has 2 aromatic rings. The van der Waals surface area contributed by atoms with Crippen molar-refractivity contribution in [3.8, 4) is 0 Å². The fourth-order valence-electron chi connectivity index (χ4n) is 1.23. The second-order valence-electron chi connectivity index (χ2n) is 3.70. The number of hydrogen-bond acceptors (Lipinski definition) is 6. The highest BCUT2D eigenvalue weighted by Crippen LogP contribution is 2.27. The molecule has 0 radical (unpaired) electrons. The van der Waals surface area contributed by atoms with Crippen LogP contribution in [0.25, 0.3) is 0 Å². The van der Waals surface area contributed by atoms with Crippen LogP contribution in [0.1, 0.15) is 0 Å². The van der Waals surface area contributed by atoms with Gasteiger partial charge in [0.25, 0.3) is 0 Å². The van der Waals surface area contributed by atoms with Gasteiger partial charge in [-0.1, -0.05) is 12.1 Å². The zero-order chi connectivity index (χ0) is 13.1. The first-order valence-electron chi connectivity index (χ1n) is 5.17. The van der Waals surface area contributed by atoms with Gasteiger partial charge in [-0.3, -0.25) is 0 Å². The first-order chi connectivity index (χ1) is 8.56. The van der Waals surface area contributed by atoms with E-state index in [-0.39, 0.29) is 11.8 Å². The van der Waals surface area contributed by atoms with Gasteiger partial charge in [-0.05, 0) is 23.9 Å². The third-order valence-electron chi connectivity index (χ3n) is 2.06. The highest BCUT2D eigenvalue weighted by atomic mass is 32.2. The molecule has 0 aliphatic carbocycles. The number of nitrogens with two attached hydrogens (primary N) is 1. The summed E-state index contributed by atoms with van der Waals surface area (Å²) in [6, 6.07) is 6.43. The van der Waals surface area contributed by atoms with Gasteiger partial charge in [-0.25, -0.2) is 4.39 Å². The summed E-state index contributed by atoms with van der Waals surface area (Å²) < 4.78 is 13.5. The van der Waals surface area contributed by atoms with E-state index in [9.17, 15) is 4.39 Å². The summed E-state index contributed by atoms with van der Waals surface area (Å²) in [4.78, 5) is 14.3. The van der Waals surface area contributed by atoms with Gasteiger partial charge in [-0.2, -0.15) is 15.0 Å². The molecule has 0 fully saturated rings. The molecule has 94 valence electrons. The highest BCUT2D eigenvalue weighted by molar-refractivity contribution is 7.99. The normalized spacial score (nSPS) is 10.4. The number of nitrogens with zero attached hydrogens (tertiary/aromatic N) is 4. The van der Waals surface area contributed by atoms with Crippen molar-refractivity contribution in [2.24, 2.45) is 0 Å². The monoisotopic (exact) mass is 265 g/mol. The molecule has 1 heterocycles. The van der Waals surface area contributed by atoms with E-state index in [4.69, 9.17) is 5.73 Å². The smallest absolute Gasteiger partial charge is 0.230 e. The van der Waals surface area contributed by atoms with Crippen molar-refractivity contribution in [2.45, 2.75) is 10.1 Å². The van der Waals surface area contributed by atoms with Crippen molar-refractivity contribution < 1.29 is 4.39 Å². The Labute approximate surface area is 108 Å². The van der Waals surface area contributed by atoms with Crippen molar-refractivity contribution in [3.05, 3.63) is 30.1 Å². The van der Waals surface area contributed by atoms with E-state index in [1.54, 1.807) is 37.2 Å². The average molecular weight is 265 g/mol. The lowest BCUT2D eigenvalue weighted by Gasteiger charge is -2.11. The lowest BCUT2D eigenvalue weighted by atomic mass is 10.4. The number of aromatic nitrogens is 3. The molecule has 18 heavy (non-hydrogen) atoms. The van der Waals surface area contributed by atoms with Gasteiger partial charge in [0.15, 0.2) is 5.16 Å². The largest absolute Gasteiger partial charge is 0.368 e. The second kappa shape index (κ2) is 5.18. The van der Waals surface area contributed by atoms with Gasteiger partial charge in [0.1, 0.15) is 5.82 Å². The molecule has 1 aromatic heterocycles. The van der Waals surface area contributed by atoms with Gasteiger partial charge in [0.05, 0.1) is 4.90 Å². The summed E-state index contributed by atoms with van der Waals surface area (Å²) in [6.45, 7) is 0. The third-order valence-corrected chi connectivity index (χ3v) is 2.97. The maximum absolute atomic E-state index is 13.5. The molecule has 0 saturated heterocycles. The van der Waals surface area contributed by atoms with Crippen LogP contribution in [-0.4, -0.2) is 29.0 Å². The minimum absolute atomic E-state index is 0.118. The van der Waals surface area contributed by atoms with Crippen LogP contribution in [0.4, 0.5) is 16.3 Å². The molecule has 0 unspecified atom stereocenters. The first kappa shape index (κ1) is 12.6. The number of benzene rings is 1. The molecule has 0 bridgehead atoms. The fraction of sp³-hybridized carbons (Fsp3) is 0.182. The molecular weight excluding hydrogens is 253 g/mol. The summed E-state index contributed by atoms with van der Waals surface area (Å²) in [6.07, 6.45) is 0. The fourth-order valence-corrected chi connectivity index (χ4v) is 2.01. The van der Waals surface area contributed by atoms with Crippen molar-refractivity contribution in [2.75, 3.05) is 24.7 Å². The topological polar surface area (TPSA) is 67.9 Å². The molecule has 1 aromatic carbocycles. The van der Waals surface area contributed by atoms with Crippen molar-refractivity contribution >= 4 is 23.7 Å². The van der Waals surface area contributed by atoms with Crippen LogP contribution in [0.2, 0.25) is 0 Å². The Hall–Kier alpha value is -1.89. The summed E-state index contributed by atoms with van der Waals surface area (Å²) in [5, 5.41) is 0.372. The Morgan fingerprint density at radius 3 is 2.56 bits per heavy atom. The van der Waals surface area contributed by atoms with Crippen LogP contribution in [-0.2, 0) is 0 Å². The van der Waals surface area contributed by atoms with Crippen LogP contribution in [0.3, 0.4) is 0 Å². The van der Waals surface area contributed by atoms with E-state index in [1.807, 2.05) is 0 Å². The number of rotatable bonds is 3. The molecule has 0 amide bonds. The van der Waals surface area contributed by atoms with Gasteiger partial charge < -0.3 is 10.6 Å². The van der Waals surface area contributed by atoms with Crippen LogP contribution in [0, 0.1) is 5.82 Å². The number of nitrogen functional groups attached to an aromatic ring is 1. The molecule has 7 heteroatoms. The summed E-state index contributed by atoms with van der Waals surface area (Å²) in [5.41, 5.74) is 5.59. The Bertz CT molecular complexity index is 561. The predicted octanol–water partition coefficient (Wildman–Crippen LogP) is 1.81. The molecule has 5 nitrogen and oxygen atoms in total. The van der Waals surface area contributed by atoms with Gasteiger partial charge >= 0.3 is 0 Å². The molecule has 2 N–H and O–H groups in total. The highest BCUT2D eigenvalue weighted by Gasteiger charge is 2.09. The van der Waals surface area contributed by atoms with Crippen molar-refractivity contribution in [1.82, 2.24) is 15.0 Å². The summed E-state index contributed by atoms with van der Waals surface area (Å²) in [7, 11) is 3.60. The van der Waals surface area contributed by atoms with Crippen LogP contribution in [0.5, 0.6) is 0 Å². The first-order valence-corrected chi connectivity index (χ1v) is 5.99. The van der Waals surface area contributed by atoms with E-state index in [0.29, 0.717) is 16.0 Å². The minimum atomic E-state index is -0.312. The minimum Gasteiger partial charge on any atom is -0.368 e. The van der Waals surface area contributed by atoms with Crippen molar-refractivity contribution in [3.63, 3.8) is 0 Å². The Morgan fingerprint density at radius 2 is 1.89 bits per heavy atom. The summed E-state index contributed by atoms with van der Waals surface area (Å²) in [5.74, 6) is 0.252. The average Bonchev–Trinajstić information content (AvgIpc) is 2.31. The standard InChI is InChI=1S/C11H12FN5S/c1-17(2)10-14-9(13)15-11(16-10)18-8-6-4-3-5-7(8)12/h3-6H,1-2H3,(H2,13,14,15,16). The molecule has 0 spiro atoms. The van der Waals surface area contributed by atoms with E-state index < -0.39 is 0 Å². The van der Waals surface area contributed by atoms with Crippen LogP contribution < -0.4 is 10.6 Å². The number of hydrogen-bond donors (Lipinski definition) is 1. The second-order valence-corrected chi connectivity index (χ2v) is 4.71. The summed E-state index contributed by atoms with van der Waals surface area (Å²) >= 11 is 1.12. The van der Waals surface area contributed by atoms with Crippen molar-refractivity contribution in [1.29, 1.82) is 0 Å². The Kier molecular flexibility index (Phi) is 3.61. The van der Waals surface area contributed by atoms with Gasteiger partial charge in [0, 0.05) is 14.1 Å². The predicted molar refractivity (Wildman–Crippen MR) is 69.1 cm³/mol. The van der Waals surface area contributed by atoms with Gasteiger partial charge in [0.2, 0.25) is 11.9 Å². The number of halogens is 1. The van der Waals surface area contributed by atoms with E-state index in [0.717, 1.165) is 11.8 Å². The van der Waals surface area contributed by atoms with E-state index >= 15 is 0 Å². The van der Waals surface area contributed by atoms with Crippen LogP contribution >= 0.6 is 11.8 Å². The molecule has 0 aliphatic rings. The SMILES string of the molecule is CN(C)c1nc(N)nc(Sc2ccccc2F)n1. The molecule has 0 saturated carbocycles. The Morgan fingerprint density at radius 1 is 1.17 bits per heavy atom. The lowest BCUT2D eigenvalue weighted by molar-refractivity contribution is 0.601. The third kappa shape index (κ3) is 2.86. The van der Waals surface area contributed by atoms with Gasteiger partial charge in [-0.15, -0.1) is 0 Å². The Balaban J connectivity index is 2.32. The maximum Gasteiger partial charge on any atom is 0.230 e. The van der Waals surface area contributed by atoms with E-state index in [2.05, 4.69) is 15.0 Å². The molecule has 0 aliphatic heterocycles. The number of anilines is 2. The molecular formula is C11H12FN5S. The zero-order valence-electron chi connectivity index (χ0n) is 9.96. The van der Waals surface area contributed by atoms with E-state index in [1.165, 1.54) is 6.07 Å². The quantitative estimate of drug-likeness (QED) is 0.913. The maximum atomic E-state index is 13.5. The lowest BCUT2D eigenvalue weighted by Crippen LogP contribution is -2.15. The molecule has 0 atom stereocenters. The molecule has 2 rings (SSSR count). The van der Waals surface area contributed by atoms with Crippen LogP contribution in [0.15, 0.2) is 34.3 Å².